The molecular formula is C10H18N2O3S. The molecule has 1 amide bonds. The van der Waals surface area contributed by atoms with Crippen molar-refractivity contribution in [3.8, 4) is 0 Å². The third-order valence-electron chi connectivity index (χ3n) is 3.20. The summed E-state index contributed by atoms with van der Waals surface area (Å²) in [5, 5.41) is 2.91. The number of hydrogen-bond acceptors (Lipinski definition) is 4. The van der Waals surface area contributed by atoms with E-state index in [0.29, 0.717) is 19.3 Å². The van der Waals surface area contributed by atoms with Gasteiger partial charge in [0.05, 0.1) is 5.25 Å². The Morgan fingerprint density at radius 3 is 2.56 bits per heavy atom. The average molecular weight is 246 g/mol. The van der Waals surface area contributed by atoms with Crippen LogP contribution in [0.1, 0.15) is 32.6 Å². The van der Waals surface area contributed by atoms with Gasteiger partial charge in [-0.2, -0.15) is 0 Å². The zero-order valence-corrected chi connectivity index (χ0v) is 10.2. The fourth-order valence-electron chi connectivity index (χ4n) is 2.06. The van der Waals surface area contributed by atoms with Gasteiger partial charge in [-0.05, 0) is 39.2 Å². The van der Waals surface area contributed by atoms with Crippen LogP contribution in [0.4, 0.5) is 0 Å². The molecule has 0 aromatic rings. The first-order valence-corrected chi connectivity index (χ1v) is 7.32. The summed E-state index contributed by atoms with van der Waals surface area (Å²) in [4.78, 5) is 11.8. The van der Waals surface area contributed by atoms with Gasteiger partial charge in [-0.3, -0.25) is 9.52 Å². The zero-order valence-electron chi connectivity index (χ0n) is 9.40. The molecular weight excluding hydrogens is 228 g/mol. The molecule has 2 fully saturated rings. The van der Waals surface area contributed by atoms with E-state index in [9.17, 15) is 13.2 Å². The van der Waals surface area contributed by atoms with Crippen molar-refractivity contribution in [1.82, 2.24) is 10.0 Å². The van der Waals surface area contributed by atoms with Crippen LogP contribution in [-0.2, 0) is 14.8 Å². The molecule has 0 aromatic carbocycles. The van der Waals surface area contributed by atoms with Crippen LogP contribution in [0.2, 0.25) is 0 Å². The van der Waals surface area contributed by atoms with Gasteiger partial charge in [-0.1, -0.05) is 0 Å². The highest BCUT2D eigenvalue weighted by molar-refractivity contribution is 7.90. The molecule has 1 aliphatic carbocycles. The fourth-order valence-corrected chi connectivity index (χ4v) is 3.43. The summed E-state index contributed by atoms with van der Waals surface area (Å²) in [5.74, 6) is -0.481. The van der Waals surface area contributed by atoms with Gasteiger partial charge in [0.1, 0.15) is 0 Å². The van der Waals surface area contributed by atoms with E-state index >= 15 is 0 Å². The van der Waals surface area contributed by atoms with Crippen molar-refractivity contribution in [2.45, 2.75) is 43.9 Å². The molecule has 0 radical (unpaired) electrons. The van der Waals surface area contributed by atoms with Crippen molar-refractivity contribution < 1.29 is 13.2 Å². The second-order valence-electron chi connectivity index (χ2n) is 4.79. The number of sulfonamides is 1. The zero-order chi connectivity index (χ0) is 11.8. The normalized spacial score (nSPS) is 31.1. The summed E-state index contributed by atoms with van der Waals surface area (Å²) in [6.45, 7) is 2.79. The Morgan fingerprint density at radius 2 is 2.00 bits per heavy atom. The molecule has 1 saturated carbocycles. The fraction of sp³-hybridized carbons (Fsp3) is 0.900. The van der Waals surface area contributed by atoms with E-state index in [4.69, 9.17) is 0 Å². The van der Waals surface area contributed by atoms with E-state index in [-0.39, 0.29) is 23.1 Å². The molecule has 1 aliphatic heterocycles. The number of nitrogens with one attached hydrogen (secondary N) is 2. The number of piperidine rings is 1. The minimum atomic E-state index is -3.37. The number of carbonyl (C=O) groups is 1. The third-order valence-corrected chi connectivity index (χ3v) is 5.04. The first-order chi connectivity index (χ1) is 7.49. The molecule has 2 aliphatic rings. The maximum Gasteiger partial charge on any atom is 0.237 e. The molecule has 92 valence electrons. The van der Waals surface area contributed by atoms with Crippen LogP contribution in [0.3, 0.4) is 0 Å². The smallest absolute Gasteiger partial charge is 0.237 e. The van der Waals surface area contributed by atoms with Crippen LogP contribution < -0.4 is 10.0 Å². The Labute approximate surface area is 96.0 Å². The predicted octanol–water partition coefficient (Wildman–Crippen LogP) is -0.0171. The largest absolute Gasteiger partial charge is 0.314 e. The van der Waals surface area contributed by atoms with Crippen LogP contribution in [0.5, 0.6) is 0 Å². The first kappa shape index (κ1) is 11.9. The number of amides is 1. The number of rotatable bonds is 3. The molecule has 0 bridgehead atoms. The lowest BCUT2D eigenvalue weighted by molar-refractivity contribution is -0.124. The summed E-state index contributed by atoms with van der Waals surface area (Å²) < 4.78 is 25.4. The Bertz CT molecular complexity index is 376. The lowest BCUT2D eigenvalue weighted by atomic mass is 9.93. The molecule has 16 heavy (non-hydrogen) atoms. The topological polar surface area (TPSA) is 75.3 Å². The standard InChI is InChI=1S/C10H18N2O3S/c1-7-6-8(4-5-11-7)10(13)12-16(14,15)9-2-3-9/h7-9,11H,2-6H2,1H3,(H,12,13). The van der Waals surface area contributed by atoms with Gasteiger partial charge in [-0.15, -0.1) is 0 Å². The van der Waals surface area contributed by atoms with Crippen LogP contribution in [-0.4, -0.2) is 32.2 Å². The lowest BCUT2D eigenvalue weighted by Gasteiger charge is -2.26. The van der Waals surface area contributed by atoms with Gasteiger partial charge in [0.25, 0.3) is 0 Å². The second kappa shape index (κ2) is 4.33. The lowest BCUT2D eigenvalue weighted by Crippen LogP contribution is -2.44. The Balaban J connectivity index is 1.92. The van der Waals surface area contributed by atoms with Gasteiger partial charge in [0.2, 0.25) is 15.9 Å². The number of carbonyl (C=O) groups excluding carboxylic acids is 1. The van der Waals surface area contributed by atoms with Crippen LogP contribution in [0, 0.1) is 5.92 Å². The highest BCUT2D eigenvalue weighted by Gasteiger charge is 2.38. The maximum atomic E-state index is 11.8. The highest BCUT2D eigenvalue weighted by Crippen LogP contribution is 2.28. The summed E-state index contributed by atoms with van der Waals surface area (Å²) in [6.07, 6.45) is 2.80. The molecule has 2 atom stereocenters. The van der Waals surface area contributed by atoms with Crippen LogP contribution in [0.25, 0.3) is 0 Å². The van der Waals surface area contributed by atoms with E-state index in [1.807, 2.05) is 6.92 Å². The molecule has 1 saturated heterocycles. The minimum Gasteiger partial charge on any atom is -0.314 e. The Kier molecular flexibility index (Phi) is 3.21. The summed E-state index contributed by atoms with van der Waals surface area (Å²) in [6, 6.07) is 0.285. The van der Waals surface area contributed by atoms with E-state index < -0.39 is 10.0 Å². The molecule has 2 unspecified atom stereocenters. The summed E-state index contributed by atoms with van der Waals surface area (Å²) >= 11 is 0. The SMILES string of the molecule is CC1CC(C(=O)NS(=O)(=O)C2CC2)CCN1. The number of hydrogen-bond donors (Lipinski definition) is 2. The van der Waals surface area contributed by atoms with Crippen molar-refractivity contribution in [2.24, 2.45) is 5.92 Å². The molecule has 1 heterocycles. The van der Waals surface area contributed by atoms with Gasteiger partial charge in [0.15, 0.2) is 0 Å². The molecule has 2 rings (SSSR count). The quantitative estimate of drug-likeness (QED) is 0.734. The van der Waals surface area contributed by atoms with Crippen molar-refractivity contribution >= 4 is 15.9 Å². The Hall–Kier alpha value is -0.620. The minimum absolute atomic E-state index is 0.162. The molecule has 2 N–H and O–H groups in total. The van der Waals surface area contributed by atoms with Crippen molar-refractivity contribution in [1.29, 1.82) is 0 Å². The van der Waals surface area contributed by atoms with E-state index in [0.717, 1.165) is 13.0 Å². The van der Waals surface area contributed by atoms with Gasteiger partial charge >= 0.3 is 0 Å². The van der Waals surface area contributed by atoms with Gasteiger partial charge in [-0.25, -0.2) is 8.42 Å². The van der Waals surface area contributed by atoms with E-state index in [1.54, 1.807) is 0 Å². The van der Waals surface area contributed by atoms with Crippen molar-refractivity contribution in [3.05, 3.63) is 0 Å². The maximum absolute atomic E-state index is 11.8. The summed E-state index contributed by atoms with van der Waals surface area (Å²) in [7, 11) is -3.37. The average Bonchev–Trinajstić information content (AvgIpc) is 3.00. The highest BCUT2D eigenvalue weighted by atomic mass is 32.2. The van der Waals surface area contributed by atoms with Crippen LogP contribution >= 0.6 is 0 Å². The summed E-state index contributed by atoms with van der Waals surface area (Å²) in [5.41, 5.74) is 0. The van der Waals surface area contributed by atoms with Gasteiger partial charge < -0.3 is 5.32 Å². The van der Waals surface area contributed by atoms with Crippen molar-refractivity contribution in [2.75, 3.05) is 6.54 Å². The Morgan fingerprint density at radius 1 is 1.31 bits per heavy atom. The molecule has 5 nitrogen and oxygen atoms in total. The monoisotopic (exact) mass is 246 g/mol. The van der Waals surface area contributed by atoms with Gasteiger partial charge in [0, 0.05) is 12.0 Å². The second-order valence-corrected chi connectivity index (χ2v) is 6.75. The first-order valence-electron chi connectivity index (χ1n) is 5.78. The van der Waals surface area contributed by atoms with E-state index in [2.05, 4.69) is 10.0 Å². The van der Waals surface area contributed by atoms with Crippen LogP contribution in [0.15, 0.2) is 0 Å². The molecule has 6 heteroatoms. The van der Waals surface area contributed by atoms with E-state index in [1.165, 1.54) is 0 Å². The van der Waals surface area contributed by atoms with Crippen molar-refractivity contribution in [3.63, 3.8) is 0 Å². The molecule has 0 spiro atoms. The third kappa shape index (κ3) is 2.74. The predicted molar refractivity (Wildman–Crippen MR) is 60.3 cm³/mol. The molecule has 0 aromatic heterocycles.